The second-order valence-electron chi connectivity index (χ2n) is 6.55. The summed E-state index contributed by atoms with van der Waals surface area (Å²) in [4.78, 5) is 3.67. The molecule has 0 aromatic heterocycles. The molecule has 1 aromatic carbocycles. The van der Waals surface area contributed by atoms with Crippen molar-refractivity contribution in [1.82, 2.24) is 0 Å². The zero-order chi connectivity index (χ0) is 13.8. The maximum atomic E-state index is 3.58. The van der Waals surface area contributed by atoms with Crippen LogP contribution in [-0.4, -0.2) is 32.2 Å². The van der Waals surface area contributed by atoms with Crippen molar-refractivity contribution in [2.45, 2.75) is 44.7 Å². The third kappa shape index (κ3) is 3.84. The number of nitrogens with one attached hydrogen (secondary N) is 2. The molecule has 0 bridgehead atoms. The van der Waals surface area contributed by atoms with Crippen molar-refractivity contribution in [3.8, 4) is 0 Å². The van der Waals surface area contributed by atoms with Crippen LogP contribution in [0.4, 0.5) is 0 Å². The average Bonchev–Trinajstić information content (AvgIpc) is 2.49. The monoisotopic (exact) mass is 338 g/mol. The molecule has 1 aliphatic carbocycles. The van der Waals surface area contributed by atoms with Gasteiger partial charge in [-0.05, 0) is 37.8 Å². The van der Waals surface area contributed by atoms with Crippen molar-refractivity contribution in [3.05, 3.63) is 34.3 Å². The Morgan fingerprint density at radius 2 is 1.75 bits per heavy atom. The Morgan fingerprint density at radius 3 is 2.45 bits per heavy atom. The molecule has 3 heteroatoms. The minimum Gasteiger partial charge on any atom is -0.323 e. The largest absolute Gasteiger partial charge is 0.323 e. The summed E-state index contributed by atoms with van der Waals surface area (Å²) in [7, 11) is 0. The van der Waals surface area contributed by atoms with E-state index in [0.717, 1.165) is 6.04 Å². The molecule has 1 aliphatic heterocycles. The molecule has 2 nitrogen and oxygen atoms in total. The highest BCUT2D eigenvalue weighted by atomic mass is 79.9. The Labute approximate surface area is 131 Å². The van der Waals surface area contributed by atoms with Crippen molar-refractivity contribution in [2.75, 3.05) is 26.2 Å². The Bertz CT molecular complexity index is 421. The van der Waals surface area contributed by atoms with Gasteiger partial charge in [0.2, 0.25) is 0 Å². The Morgan fingerprint density at radius 1 is 1.00 bits per heavy atom. The molecule has 0 amide bonds. The second-order valence-corrected chi connectivity index (χ2v) is 7.47. The standard InChI is InChI=1S/C17H25BrN2/c18-16-6-4-5-15(13-16)14-19-9-11-20(12-10-19)17-7-2-1-3-8-17/h4-6,13,17H,1-3,7-12,14H2/p+2. The molecule has 1 saturated heterocycles. The van der Waals surface area contributed by atoms with E-state index >= 15 is 0 Å². The van der Waals surface area contributed by atoms with Crippen molar-refractivity contribution in [1.29, 1.82) is 0 Å². The third-order valence-corrected chi connectivity index (χ3v) is 5.62. The van der Waals surface area contributed by atoms with Gasteiger partial charge in [-0.2, -0.15) is 0 Å². The Kier molecular flexibility index (Phi) is 5.14. The lowest BCUT2D eigenvalue weighted by Crippen LogP contribution is -3.29. The molecule has 1 heterocycles. The fourth-order valence-corrected chi connectivity index (χ4v) is 4.40. The first-order valence-electron chi connectivity index (χ1n) is 8.24. The lowest BCUT2D eigenvalue weighted by atomic mass is 9.94. The summed E-state index contributed by atoms with van der Waals surface area (Å²) in [5, 5.41) is 0. The predicted octanol–water partition coefficient (Wildman–Crippen LogP) is 1.07. The van der Waals surface area contributed by atoms with E-state index in [4.69, 9.17) is 0 Å². The van der Waals surface area contributed by atoms with E-state index in [2.05, 4.69) is 40.2 Å². The van der Waals surface area contributed by atoms with Crippen LogP contribution in [0.2, 0.25) is 0 Å². The van der Waals surface area contributed by atoms with Crippen LogP contribution < -0.4 is 9.80 Å². The van der Waals surface area contributed by atoms with Crippen LogP contribution in [0.5, 0.6) is 0 Å². The minimum absolute atomic E-state index is 0.983. The van der Waals surface area contributed by atoms with Crippen molar-refractivity contribution in [3.63, 3.8) is 0 Å². The summed E-state index contributed by atoms with van der Waals surface area (Å²) < 4.78 is 1.21. The number of hydrogen-bond acceptors (Lipinski definition) is 0. The molecule has 0 radical (unpaired) electrons. The van der Waals surface area contributed by atoms with Crippen molar-refractivity contribution in [2.24, 2.45) is 0 Å². The van der Waals surface area contributed by atoms with Gasteiger partial charge in [0.25, 0.3) is 0 Å². The van der Waals surface area contributed by atoms with Gasteiger partial charge in [-0.15, -0.1) is 0 Å². The quantitative estimate of drug-likeness (QED) is 0.815. The van der Waals surface area contributed by atoms with E-state index in [0.29, 0.717) is 0 Å². The SMILES string of the molecule is Brc1cccc(C[NH+]2CC[NH+](C3CCCCC3)CC2)c1. The van der Waals surface area contributed by atoms with Gasteiger partial charge in [0.1, 0.15) is 32.7 Å². The second kappa shape index (κ2) is 7.06. The number of piperazine rings is 1. The molecule has 0 spiro atoms. The molecule has 0 atom stereocenters. The molecule has 20 heavy (non-hydrogen) atoms. The fourth-order valence-electron chi connectivity index (χ4n) is 3.96. The lowest BCUT2D eigenvalue weighted by molar-refractivity contribution is -1.03. The van der Waals surface area contributed by atoms with Crippen molar-refractivity contribution >= 4 is 15.9 Å². The van der Waals surface area contributed by atoms with E-state index in [-0.39, 0.29) is 0 Å². The maximum absolute atomic E-state index is 3.58. The first kappa shape index (κ1) is 14.6. The van der Waals surface area contributed by atoms with Gasteiger partial charge < -0.3 is 9.80 Å². The van der Waals surface area contributed by atoms with Crippen LogP contribution in [0, 0.1) is 0 Å². The topological polar surface area (TPSA) is 8.88 Å². The van der Waals surface area contributed by atoms with E-state index in [9.17, 15) is 0 Å². The first-order valence-corrected chi connectivity index (χ1v) is 9.03. The van der Waals surface area contributed by atoms with Gasteiger partial charge in [0.05, 0.1) is 6.04 Å². The molecular weight excluding hydrogens is 312 g/mol. The first-order chi connectivity index (χ1) is 9.81. The van der Waals surface area contributed by atoms with Gasteiger partial charge in [0, 0.05) is 10.0 Å². The van der Waals surface area contributed by atoms with Gasteiger partial charge in [0.15, 0.2) is 0 Å². The van der Waals surface area contributed by atoms with Crippen molar-refractivity contribution < 1.29 is 9.80 Å². The molecule has 2 aliphatic rings. The third-order valence-electron chi connectivity index (χ3n) is 5.13. The van der Waals surface area contributed by atoms with Crippen LogP contribution in [0.3, 0.4) is 0 Å². The normalized spacial score (nSPS) is 28.4. The predicted molar refractivity (Wildman–Crippen MR) is 86.1 cm³/mol. The molecule has 2 N–H and O–H groups in total. The molecule has 110 valence electrons. The van der Waals surface area contributed by atoms with Gasteiger partial charge >= 0.3 is 0 Å². The van der Waals surface area contributed by atoms with Crippen LogP contribution in [-0.2, 0) is 6.54 Å². The highest BCUT2D eigenvalue weighted by Gasteiger charge is 2.30. The lowest BCUT2D eigenvalue weighted by Gasteiger charge is -2.36. The average molecular weight is 339 g/mol. The highest BCUT2D eigenvalue weighted by Crippen LogP contribution is 2.15. The molecule has 3 rings (SSSR count). The zero-order valence-electron chi connectivity index (χ0n) is 12.3. The van der Waals surface area contributed by atoms with E-state index in [1.54, 1.807) is 4.90 Å². The summed E-state index contributed by atoms with van der Waals surface area (Å²) in [5.41, 5.74) is 1.47. The molecular formula is C17H27BrN2+2. The fraction of sp³-hybridized carbons (Fsp3) is 0.647. The summed E-state index contributed by atoms with van der Waals surface area (Å²) >= 11 is 3.58. The van der Waals surface area contributed by atoms with Crippen LogP contribution in [0.1, 0.15) is 37.7 Å². The van der Waals surface area contributed by atoms with E-state index in [1.165, 1.54) is 74.9 Å². The molecule has 1 aromatic rings. The number of hydrogen-bond donors (Lipinski definition) is 2. The van der Waals surface area contributed by atoms with Crippen LogP contribution >= 0.6 is 15.9 Å². The van der Waals surface area contributed by atoms with Gasteiger partial charge in [-0.3, -0.25) is 0 Å². The summed E-state index contributed by atoms with van der Waals surface area (Å²) in [6.45, 7) is 6.65. The van der Waals surface area contributed by atoms with E-state index < -0.39 is 0 Å². The van der Waals surface area contributed by atoms with E-state index in [1.807, 2.05) is 4.90 Å². The molecule has 2 fully saturated rings. The van der Waals surface area contributed by atoms with Crippen LogP contribution in [0.15, 0.2) is 28.7 Å². The maximum Gasteiger partial charge on any atom is 0.127 e. The minimum atomic E-state index is 0.983. The molecule has 1 saturated carbocycles. The molecule has 0 unspecified atom stereocenters. The summed E-state index contributed by atoms with van der Waals surface area (Å²) in [6, 6.07) is 9.79. The Balaban J connectivity index is 1.48. The number of halogens is 1. The zero-order valence-corrected chi connectivity index (χ0v) is 13.9. The number of rotatable bonds is 3. The van der Waals surface area contributed by atoms with Crippen LogP contribution in [0.25, 0.3) is 0 Å². The summed E-state index contributed by atoms with van der Waals surface area (Å²) in [6.07, 6.45) is 7.39. The Hall–Kier alpha value is -0.380. The summed E-state index contributed by atoms with van der Waals surface area (Å²) in [5.74, 6) is 0. The number of benzene rings is 1. The van der Waals surface area contributed by atoms with Gasteiger partial charge in [-0.25, -0.2) is 0 Å². The van der Waals surface area contributed by atoms with Gasteiger partial charge in [-0.1, -0.05) is 34.5 Å². The highest BCUT2D eigenvalue weighted by molar-refractivity contribution is 9.10. The number of quaternary nitrogens is 2. The smallest absolute Gasteiger partial charge is 0.127 e.